The van der Waals surface area contributed by atoms with E-state index in [-0.39, 0.29) is 22.4 Å². The maximum absolute atomic E-state index is 12.2. The first-order chi connectivity index (χ1) is 14.9. The number of methoxy groups -OCH3 is 2. The lowest BCUT2D eigenvalue weighted by atomic mass is 10.1. The minimum absolute atomic E-state index is 0.0171. The molecule has 0 saturated heterocycles. The Morgan fingerprint density at radius 1 is 1.00 bits per heavy atom. The quantitative estimate of drug-likeness (QED) is 0.311. The van der Waals surface area contributed by atoms with E-state index in [1.165, 1.54) is 31.4 Å². The van der Waals surface area contributed by atoms with Crippen LogP contribution < -0.4 is 5.32 Å². The van der Waals surface area contributed by atoms with Gasteiger partial charge in [-0.2, -0.15) is 5.26 Å². The maximum Gasteiger partial charge on any atom is 0.349 e. The number of benzene rings is 2. The van der Waals surface area contributed by atoms with E-state index in [2.05, 4.69) is 14.8 Å². The van der Waals surface area contributed by atoms with Crippen LogP contribution in [0.1, 0.15) is 26.3 Å². The monoisotopic (exact) mass is 422 g/mol. The van der Waals surface area contributed by atoms with Gasteiger partial charge in [0, 0.05) is 0 Å². The third-order valence-corrected chi connectivity index (χ3v) is 3.91. The van der Waals surface area contributed by atoms with Gasteiger partial charge >= 0.3 is 17.9 Å². The number of hydrogen-bond acceptors (Lipinski definition) is 8. The van der Waals surface area contributed by atoms with Gasteiger partial charge in [0.1, 0.15) is 11.6 Å². The average molecular weight is 422 g/mol. The fourth-order valence-electron chi connectivity index (χ4n) is 2.43. The molecular formula is C22H18N2O7. The lowest BCUT2D eigenvalue weighted by molar-refractivity contribution is -0.142. The molecule has 0 heterocycles. The molecule has 2 aromatic carbocycles. The molecule has 0 aromatic heterocycles. The Kier molecular flexibility index (Phi) is 8.04. The predicted octanol–water partition coefficient (Wildman–Crippen LogP) is 2.35. The maximum atomic E-state index is 12.2. The summed E-state index contributed by atoms with van der Waals surface area (Å²) < 4.78 is 14.1. The summed E-state index contributed by atoms with van der Waals surface area (Å²) in [7, 11) is 2.34. The van der Waals surface area contributed by atoms with Crippen LogP contribution >= 0.6 is 0 Å². The van der Waals surface area contributed by atoms with Crippen molar-refractivity contribution in [1.82, 2.24) is 0 Å². The Morgan fingerprint density at radius 2 is 1.68 bits per heavy atom. The lowest BCUT2D eigenvalue weighted by Gasteiger charge is -2.11. The van der Waals surface area contributed by atoms with E-state index in [0.29, 0.717) is 5.56 Å². The van der Waals surface area contributed by atoms with E-state index in [0.717, 1.165) is 7.11 Å². The molecule has 0 unspecified atom stereocenters. The van der Waals surface area contributed by atoms with Crippen molar-refractivity contribution in [3.05, 3.63) is 70.8 Å². The molecule has 31 heavy (non-hydrogen) atoms. The Hall–Kier alpha value is -4.45. The number of hydrogen-bond donors (Lipinski definition) is 1. The third kappa shape index (κ3) is 6.27. The van der Waals surface area contributed by atoms with Gasteiger partial charge < -0.3 is 19.5 Å². The molecular weight excluding hydrogens is 404 g/mol. The summed E-state index contributed by atoms with van der Waals surface area (Å²) in [5.41, 5.74) is 0.359. The molecule has 0 aliphatic carbocycles. The van der Waals surface area contributed by atoms with Crippen LogP contribution in [0, 0.1) is 11.3 Å². The molecule has 0 fully saturated rings. The number of nitrogens with zero attached hydrogens (tertiary/aromatic N) is 1. The highest BCUT2D eigenvalue weighted by molar-refractivity contribution is 6.04. The topological polar surface area (TPSA) is 132 Å². The highest BCUT2D eigenvalue weighted by Gasteiger charge is 2.19. The lowest BCUT2D eigenvalue weighted by Crippen LogP contribution is -2.23. The van der Waals surface area contributed by atoms with Crippen LogP contribution in [0.2, 0.25) is 0 Å². The minimum Gasteiger partial charge on any atom is -0.465 e. The molecule has 0 atom stereocenters. The van der Waals surface area contributed by atoms with Gasteiger partial charge in [-0.3, -0.25) is 4.79 Å². The molecule has 9 heteroatoms. The zero-order valence-electron chi connectivity index (χ0n) is 16.7. The summed E-state index contributed by atoms with van der Waals surface area (Å²) in [5.74, 6) is -3.21. The van der Waals surface area contributed by atoms with Crippen molar-refractivity contribution in [3.8, 4) is 6.07 Å². The second-order valence-electron chi connectivity index (χ2n) is 5.95. The number of ether oxygens (including phenoxy) is 3. The number of rotatable bonds is 7. The largest absolute Gasteiger partial charge is 0.465 e. The summed E-state index contributed by atoms with van der Waals surface area (Å²) in [4.78, 5) is 48.0. The van der Waals surface area contributed by atoms with Crippen molar-refractivity contribution < 1.29 is 33.4 Å². The second-order valence-corrected chi connectivity index (χ2v) is 5.95. The number of carbonyl (C=O) groups is 4. The summed E-state index contributed by atoms with van der Waals surface area (Å²) in [6.07, 6.45) is 1.33. The van der Waals surface area contributed by atoms with Gasteiger partial charge in [0.25, 0.3) is 5.91 Å². The smallest absolute Gasteiger partial charge is 0.349 e. The van der Waals surface area contributed by atoms with Crippen molar-refractivity contribution in [3.63, 3.8) is 0 Å². The first kappa shape index (κ1) is 22.8. The van der Waals surface area contributed by atoms with Crippen LogP contribution in [0.15, 0.2) is 54.1 Å². The van der Waals surface area contributed by atoms with Crippen molar-refractivity contribution >= 4 is 35.6 Å². The highest BCUT2D eigenvalue weighted by atomic mass is 16.5. The number of esters is 3. The number of nitriles is 1. The fraction of sp³-hybridized carbons (Fsp3) is 0.136. The molecule has 0 aliphatic heterocycles. The van der Waals surface area contributed by atoms with Crippen LogP contribution in [0.4, 0.5) is 5.69 Å². The van der Waals surface area contributed by atoms with Crippen LogP contribution in [0.5, 0.6) is 0 Å². The molecule has 9 nitrogen and oxygen atoms in total. The first-order valence-electron chi connectivity index (χ1n) is 8.84. The molecule has 158 valence electrons. The summed E-state index contributed by atoms with van der Waals surface area (Å²) in [6, 6.07) is 14.2. The molecule has 1 N–H and O–H groups in total. The third-order valence-electron chi connectivity index (χ3n) is 3.91. The number of amides is 1. The normalized spacial score (nSPS) is 10.4. The Morgan fingerprint density at radius 3 is 2.29 bits per heavy atom. The van der Waals surface area contributed by atoms with Crippen molar-refractivity contribution in [2.24, 2.45) is 0 Å². The minimum atomic E-state index is -0.988. The molecule has 0 radical (unpaired) electrons. The molecule has 0 bridgehead atoms. The summed E-state index contributed by atoms with van der Waals surface area (Å²) in [5, 5.41) is 11.6. The van der Waals surface area contributed by atoms with Crippen molar-refractivity contribution in [2.45, 2.75) is 0 Å². The first-order valence-corrected chi connectivity index (χ1v) is 8.84. The van der Waals surface area contributed by atoms with Gasteiger partial charge in [-0.05, 0) is 29.8 Å². The summed E-state index contributed by atoms with van der Waals surface area (Å²) >= 11 is 0. The molecule has 2 aromatic rings. The van der Waals surface area contributed by atoms with E-state index >= 15 is 0 Å². The van der Waals surface area contributed by atoms with Crippen molar-refractivity contribution in [1.29, 1.82) is 5.26 Å². The summed E-state index contributed by atoms with van der Waals surface area (Å²) in [6.45, 7) is -0.726. The molecule has 1 amide bonds. The molecule has 0 saturated carbocycles. The number of carbonyl (C=O) groups excluding carboxylic acids is 4. The van der Waals surface area contributed by atoms with E-state index in [1.807, 2.05) is 0 Å². The highest BCUT2D eigenvalue weighted by Crippen LogP contribution is 2.20. The van der Waals surface area contributed by atoms with Crippen LogP contribution in [-0.4, -0.2) is 44.6 Å². The Bertz CT molecular complexity index is 1070. The molecule has 2 rings (SSSR count). The van der Waals surface area contributed by atoms with Gasteiger partial charge in [0.15, 0.2) is 6.61 Å². The SMILES string of the molecule is COC(=O)c1ccc(C(=O)OC)c(NC(=O)COC(=O)/C(C#N)=C\c2ccccc2)c1. The Labute approximate surface area is 177 Å². The van der Waals surface area contributed by atoms with Gasteiger partial charge in [-0.25, -0.2) is 14.4 Å². The van der Waals surface area contributed by atoms with Crippen molar-refractivity contribution in [2.75, 3.05) is 26.1 Å². The standard InChI is InChI=1S/C22H18N2O7/c1-29-20(26)15-8-9-17(22(28)30-2)18(11-15)24-19(25)13-31-21(27)16(12-23)10-14-6-4-3-5-7-14/h3-11H,13H2,1-2H3,(H,24,25)/b16-10-. The molecule has 0 aliphatic rings. The van der Waals surface area contributed by atoms with Gasteiger partial charge in [-0.1, -0.05) is 30.3 Å². The predicted molar refractivity (Wildman–Crippen MR) is 109 cm³/mol. The van der Waals surface area contributed by atoms with Gasteiger partial charge in [0.2, 0.25) is 0 Å². The molecule has 0 spiro atoms. The van der Waals surface area contributed by atoms with Crippen LogP contribution in [-0.2, 0) is 23.8 Å². The number of anilines is 1. The second kappa shape index (κ2) is 10.9. The zero-order valence-corrected chi connectivity index (χ0v) is 16.7. The van der Waals surface area contributed by atoms with Gasteiger partial charge in [-0.15, -0.1) is 0 Å². The van der Waals surface area contributed by atoms with E-state index in [1.54, 1.807) is 36.4 Å². The van der Waals surface area contributed by atoms with Gasteiger partial charge in [0.05, 0.1) is 31.0 Å². The average Bonchev–Trinajstić information content (AvgIpc) is 2.80. The van der Waals surface area contributed by atoms with Crippen LogP contribution in [0.3, 0.4) is 0 Å². The van der Waals surface area contributed by atoms with E-state index in [9.17, 15) is 24.4 Å². The van der Waals surface area contributed by atoms with E-state index in [4.69, 9.17) is 4.74 Å². The van der Waals surface area contributed by atoms with Crippen LogP contribution in [0.25, 0.3) is 6.08 Å². The fourth-order valence-corrected chi connectivity index (χ4v) is 2.43. The zero-order chi connectivity index (χ0) is 22.8. The Balaban J connectivity index is 2.12. The number of nitrogens with one attached hydrogen (secondary N) is 1. The van der Waals surface area contributed by atoms with E-state index < -0.39 is 30.4 Å².